The molecule has 0 spiro atoms. The third-order valence-electron chi connectivity index (χ3n) is 3.27. The molecule has 2 rings (SSSR count). The fourth-order valence-corrected chi connectivity index (χ4v) is 2.54. The molecule has 1 aromatic rings. The Balaban J connectivity index is 2.30. The minimum absolute atomic E-state index is 0.101. The molecule has 1 amide bonds. The van der Waals surface area contributed by atoms with Gasteiger partial charge in [-0.15, -0.1) is 0 Å². The number of halogens is 1. The lowest BCUT2D eigenvalue weighted by Gasteiger charge is -2.26. The highest BCUT2D eigenvalue weighted by atomic mass is 79.9. The molecule has 1 aliphatic rings. The summed E-state index contributed by atoms with van der Waals surface area (Å²) >= 11 is 3.51. The van der Waals surface area contributed by atoms with Crippen LogP contribution in [0.3, 0.4) is 0 Å². The maximum absolute atomic E-state index is 12.4. The van der Waals surface area contributed by atoms with E-state index in [-0.39, 0.29) is 16.8 Å². The molecule has 0 aromatic heterocycles. The van der Waals surface area contributed by atoms with E-state index in [1.807, 2.05) is 23.1 Å². The number of fused-ring (bicyclic) bond motifs is 1. The quantitative estimate of drug-likeness (QED) is 0.766. The summed E-state index contributed by atoms with van der Waals surface area (Å²) in [6, 6.07) is 8.44. The van der Waals surface area contributed by atoms with Gasteiger partial charge in [-0.3, -0.25) is 4.79 Å². The van der Waals surface area contributed by atoms with Crippen molar-refractivity contribution >= 4 is 27.5 Å². The summed E-state index contributed by atoms with van der Waals surface area (Å²) in [5.41, 5.74) is 2.35. The molecule has 1 aromatic carbocycles. The second-order valence-electron chi connectivity index (χ2n) is 5.04. The lowest BCUT2D eigenvalue weighted by Crippen LogP contribution is -2.42. The molecule has 3 heteroatoms. The van der Waals surface area contributed by atoms with Gasteiger partial charge >= 0.3 is 0 Å². The van der Waals surface area contributed by atoms with E-state index < -0.39 is 0 Å². The molecule has 2 atom stereocenters. The fraction of sp³-hybridized carbons (Fsp3) is 0.500. The molecule has 0 fully saturated rings. The number of rotatable bonds is 2. The largest absolute Gasteiger partial charge is 0.308 e. The summed E-state index contributed by atoms with van der Waals surface area (Å²) in [4.78, 5) is 14.3. The second-order valence-corrected chi connectivity index (χ2v) is 6.02. The lowest BCUT2D eigenvalue weighted by molar-refractivity contribution is -0.118. The smallest absolute Gasteiger partial charge is 0.241 e. The van der Waals surface area contributed by atoms with Crippen LogP contribution in [0.1, 0.15) is 26.3 Å². The average Bonchev–Trinajstić information content (AvgIpc) is 2.62. The monoisotopic (exact) mass is 295 g/mol. The number of hydrogen-bond acceptors (Lipinski definition) is 1. The molecule has 1 heterocycles. The number of anilines is 1. The molecular weight excluding hydrogens is 278 g/mol. The van der Waals surface area contributed by atoms with E-state index in [0.717, 1.165) is 12.1 Å². The number of amides is 1. The molecule has 0 radical (unpaired) electrons. The SMILES string of the molecule is CC(C)[C@@H](Br)C(=O)N1c2ccccc2C[C@@H]1C. The van der Waals surface area contributed by atoms with Crippen LogP contribution in [-0.2, 0) is 11.2 Å². The average molecular weight is 296 g/mol. The maximum atomic E-state index is 12.4. The van der Waals surface area contributed by atoms with Gasteiger partial charge in [0.15, 0.2) is 0 Å². The number of benzene rings is 1. The summed E-state index contributed by atoms with van der Waals surface area (Å²) in [6.07, 6.45) is 0.958. The van der Waals surface area contributed by atoms with E-state index in [1.54, 1.807) is 0 Å². The van der Waals surface area contributed by atoms with Crippen LogP contribution in [0.2, 0.25) is 0 Å². The third-order valence-corrected chi connectivity index (χ3v) is 4.71. The molecule has 2 nitrogen and oxygen atoms in total. The number of para-hydroxylation sites is 1. The number of nitrogens with zero attached hydrogens (tertiary/aromatic N) is 1. The van der Waals surface area contributed by atoms with Crippen LogP contribution in [0, 0.1) is 5.92 Å². The van der Waals surface area contributed by atoms with Crippen LogP contribution in [0.25, 0.3) is 0 Å². The highest BCUT2D eigenvalue weighted by Crippen LogP contribution is 2.33. The second kappa shape index (κ2) is 4.81. The number of carbonyl (C=O) groups excluding carboxylic acids is 1. The van der Waals surface area contributed by atoms with Crippen molar-refractivity contribution in [2.75, 3.05) is 4.90 Å². The third kappa shape index (κ3) is 2.25. The summed E-state index contributed by atoms with van der Waals surface area (Å²) in [7, 11) is 0. The first-order valence-corrected chi connectivity index (χ1v) is 6.99. The molecule has 0 N–H and O–H groups in total. The van der Waals surface area contributed by atoms with E-state index in [2.05, 4.69) is 42.8 Å². The Morgan fingerprint density at radius 2 is 2.06 bits per heavy atom. The number of alkyl halides is 1. The number of hydrogen-bond donors (Lipinski definition) is 0. The first kappa shape index (κ1) is 12.6. The van der Waals surface area contributed by atoms with E-state index in [1.165, 1.54) is 5.56 Å². The van der Waals surface area contributed by atoms with Gasteiger partial charge in [0.25, 0.3) is 0 Å². The molecule has 1 aliphatic heterocycles. The highest BCUT2D eigenvalue weighted by Gasteiger charge is 2.34. The van der Waals surface area contributed by atoms with Crippen LogP contribution in [0.5, 0.6) is 0 Å². The maximum Gasteiger partial charge on any atom is 0.241 e. The lowest BCUT2D eigenvalue weighted by atomic mass is 10.1. The van der Waals surface area contributed by atoms with E-state index >= 15 is 0 Å². The minimum atomic E-state index is -0.101. The van der Waals surface area contributed by atoms with Crippen molar-refractivity contribution in [2.24, 2.45) is 5.92 Å². The molecule has 92 valence electrons. The van der Waals surface area contributed by atoms with Crippen molar-refractivity contribution in [2.45, 2.75) is 38.1 Å². The Bertz CT molecular complexity index is 430. The summed E-state index contributed by atoms with van der Waals surface area (Å²) in [5.74, 6) is 0.486. The normalized spacial score (nSPS) is 20.5. The fourth-order valence-electron chi connectivity index (χ4n) is 2.32. The molecule has 0 bridgehead atoms. The summed E-state index contributed by atoms with van der Waals surface area (Å²) < 4.78 is 0. The molecule has 0 unspecified atom stereocenters. The van der Waals surface area contributed by atoms with Gasteiger partial charge in [-0.2, -0.15) is 0 Å². The van der Waals surface area contributed by atoms with Gasteiger partial charge in [0, 0.05) is 11.7 Å². The predicted molar refractivity (Wildman–Crippen MR) is 74.6 cm³/mol. The van der Waals surface area contributed by atoms with Crippen molar-refractivity contribution in [3.63, 3.8) is 0 Å². The summed E-state index contributed by atoms with van der Waals surface area (Å²) in [6.45, 7) is 6.23. The van der Waals surface area contributed by atoms with Crippen molar-refractivity contribution in [1.29, 1.82) is 0 Å². The first-order chi connectivity index (χ1) is 8.02. The number of carbonyl (C=O) groups is 1. The first-order valence-electron chi connectivity index (χ1n) is 6.07. The van der Waals surface area contributed by atoms with Gasteiger partial charge in [-0.05, 0) is 30.9 Å². The van der Waals surface area contributed by atoms with Crippen molar-refractivity contribution in [1.82, 2.24) is 0 Å². The van der Waals surface area contributed by atoms with Gasteiger partial charge in [-0.1, -0.05) is 48.0 Å². The van der Waals surface area contributed by atoms with Crippen LogP contribution in [-0.4, -0.2) is 16.8 Å². The van der Waals surface area contributed by atoms with E-state index in [9.17, 15) is 4.79 Å². The van der Waals surface area contributed by atoms with Crippen LogP contribution >= 0.6 is 15.9 Å². The van der Waals surface area contributed by atoms with Gasteiger partial charge < -0.3 is 4.90 Å². The molecule has 0 saturated carbocycles. The van der Waals surface area contributed by atoms with Crippen LogP contribution in [0.15, 0.2) is 24.3 Å². The predicted octanol–water partition coefficient (Wildman–Crippen LogP) is 3.38. The van der Waals surface area contributed by atoms with Crippen molar-refractivity contribution in [3.8, 4) is 0 Å². The highest BCUT2D eigenvalue weighted by molar-refractivity contribution is 9.10. The topological polar surface area (TPSA) is 20.3 Å². The van der Waals surface area contributed by atoms with E-state index in [4.69, 9.17) is 0 Å². The minimum Gasteiger partial charge on any atom is -0.308 e. The van der Waals surface area contributed by atoms with Gasteiger partial charge in [0.1, 0.15) is 0 Å². The Hall–Kier alpha value is -0.830. The van der Waals surface area contributed by atoms with Gasteiger partial charge in [0.05, 0.1) is 4.83 Å². The zero-order valence-electron chi connectivity index (χ0n) is 10.5. The Morgan fingerprint density at radius 1 is 1.41 bits per heavy atom. The molecule has 0 aliphatic carbocycles. The zero-order valence-corrected chi connectivity index (χ0v) is 12.1. The Kier molecular flexibility index (Phi) is 3.57. The standard InChI is InChI=1S/C14H18BrNO/c1-9(2)13(15)14(17)16-10(3)8-11-6-4-5-7-12(11)16/h4-7,9-10,13H,8H2,1-3H3/t10-,13+/m0/s1. The summed E-state index contributed by atoms with van der Waals surface area (Å²) in [5, 5.41) is 0. The molecule has 17 heavy (non-hydrogen) atoms. The Labute approximate surface area is 111 Å². The zero-order chi connectivity index (χ0) is 12.6. The van der Waals surface area contributed by atoms with Gasteiger partial charge in [-0.25, -0.2) is 0 Å². The van der Waals surface area contributed by atoms with Crippen molar-refractivity contribution < 1.29 is 4.79 Å². The van der Waals surface area contributed by atoms with Crippen molar-refractivity contribution in [3.05, 3.63) is 29.8 Å². The van der Waals surface area contributed by atoms with E-state index in [0.29, 0.717) is 5.92 Å². The van der Waals surface area contributed by atoms with Crippen LogP contribution in [0.4, 0.5) is 5.69 Å². The molecular formula is C14H18BrNO. The Morgan fingerprint density at radius 3 is 2.71 bits per heavy atom. The van der Waals surface area contributed by atoms with Crippen LogP contribution < -0.4 is 4.90 Å². The van der Waals surface area contributed by atoms with Gasteiger partial charge in [0.2, 0.25) is 5.91 Å². The molecule has 0 saturated heterocycles.